The van der Waals surface area contributed by atoms with Gasteiger partial charge in [-0.05, 0) is 22.9 Å². The summed E-state index contributed by atoms with van der Waals surface area (Å²) in [7, 11) is 0. The summed E-state index contributed by atoms with van der Waals surface area (Å²) in [5.74, 6) is -0.366. The first-order valence-electron chi connectivity index (χ1n) is 8.11. The molecule has 3 aromatic carbocycles. The number of non-ortho nitro benzene ring substituents is 1. The van der Waals surface area contributed by atoms with Gasteiger partial charge in [0.05, 0.1) is 11.1 Å². The van der Waals surface area contributed by atoms with Gasteiger partial charge in [-0.15, -0.1) is 0 Å². The Morgan fingerprint density at radius 2 is 1.89 bits per heavy atom. The molecule has 27 heavy (non-hydrogen) atoms. The smallest absolute Gasteiger partial charge is 0.307 e. The van der Waals surface area contributed by atoms with Crippen LogP contribution in [0.3, 0.4) is 0 Å². The molecular weight excluding hydrogens is 346 g/mol. The molecular formula is C20H13N3O4. The minimum Gasteiger partial charge on any atom is -0.451 e. The predicted molar refractivity (Wildman–Crippen MR) is 102 cm³/mol. The van der Waals surface area contributed by atoms with Crippen molar-refractivity contribution in [3.8, 4) is 0 Å². The highest BCUT2D eigenvalue weighted by Gasteiger charge is 2.13. The van der Waals surface area contributed by atoms with Gasteiger partial charge in [0.15, 0.2) is 5.76 Å². The standard InChI is InChI=1S/C20H13N3O4/c24-20(22-21-12-13-4-3-6-15(10-13)23(25)26)19-11-17-16-7-2-1-5-14(16)8-9-18(17)27-19/h1-12H,(H,22,24). The van der Waals surface area contributed by atoms with Crippen LogP contribution in [0.5, 0.6) is 0 Å². The summed E-state index contributed by atoms with van der Waals surface area (Å²) in [4.78, 5) is 22.6. The zero-order valence-corrected chi connectivity index (χ0v) is 14.0. The van der Waals surface area contributed by atoms with Crippen molar-refractivity contribution in [3.63, 3.8) is 0 Å². The normalized spacial score (nSPS) is 11.3. The van der Waals surface area contributed by atoms with Gasteiger partial charge in [0.2, 0.25) is 0 Å². The lowest BCUT2D eigenvalue weighted by Crippen LogP contribution is -2.16. The third kappa shape index (κ3) is 3.25. The molecule has 1 amide bonds. The first-order chi connectivity index (χ1) is 13.1. The first-order valence-corrected chi connectivity index (χ1v) is 8.11. The average Bonchev–Trinajstić information content (AvgIpc) is 3.13. The van der Waals surface area contributed by atoms with Crippen molar-refractivity contribution in [2.75, 3.05) is 0 Å². The van der Waals surface area contributed by atoms with Crippen molar-refractivity contribution in [1.82, 2.24) is 5.43 Å². The Balaban J connectivity index is 1.55. The summed E-state index contributed by atoms with van der Waals surface area (Å²) in [6, 6.07) is 19.2. The lowest BCUT2D eigenvalue weighted by molar-refractivity contribution is -0.384. The molecule has 7 heteroatoms. The van der Waals surface area contributed by atoms with E-state index < -0.39 is 10.8 Å². The van der Waals surface area contributed by atoms with Gasteiger partial charge >= 0.3 is 5.91 Å². The van der Waals surface area contributed by atoms with Gasteiger partial charge in [-0.3, -0.25) is 14.9 Å². The fraction of sp³-hybridized carbons (Fsp3) is 0. The molecule has 0 aliphatic rings. The molecule has 0 saturated carbocycles. The molecule has 0 saturated heterocycles. The van der Waals surface area contributed by atoms with Crippen molar-refractivity contribution >= 4 is 39.6 Å². The first kappa shape index (κ1) is 16.5. The minimum atomic E-state index is -0.503. The topological polar surface area (TPSA) is 97.7 Å². The molecule has 0 bridgehead atoms. The molecule has 0 fully saturated rings. The van der Waals surface area contributed by atoms with E-state index in [1.807, 2.05) is 36.4 Å². The fourth-order valence-electron chi connectivity index (χ4n) is 2.84. The number of nitro groups is 1. The highest BCUT2D eigenvalue weighted by atomic mass is 16.6. The van der Waals surface area contributed by atoms with Crippen LogP contribution < -0.4 is 5.43 Å². The zero-order chi connectivity index (χ0) is 18.8. The zero-order valence-electron chi connectivity index (χ0n) is 14.0. The summed E-state index contributed by atoms with van der Waals surface area (Å²) in [6.45, 7) is 0. The molecule has 1 N–H and O–H groups in total. The van der Waals surface area contributed by atoms with E-state index >= 15 is 0 Å². The summed E-state index contributed by atoms with van der Waals surface area (Å²) in [5.41, 5.74) is 3.44. The molecule has 0 aliphatic heterocycles. The lowest BCUT2D eigenvalue weighted by atomic mass is 10.1. The molecule has 4 rings (SSSR count). The van der Waals surface area contributed by atoms with Crippen LogP contribution in [0.4, 0.5) is 5.69 Å². The Hall–Kier alpha value is -4.00. The van der Waals surface area contributed by atoms with Crippen LogP contribution in [0, 0.1) is 10.1 Å². The molecule has 0 unspecified atom stereocenters. The number of benzene rings is 3. The molecule has 0 atom stereocenters. The monoisotopic (exact) mass is 359 g/mol. The Bertz CT molecular complexity index is 1210. The van der Waals surface area contributed by atoms with Gasteiger partial charge in [0.1, 0.15) is 5.58 Å². The van der Waals surface area contributed by atoms with Crippen molar-refractivity contribution < 1.29 is 14.1 Å². The molecule has 0 aliphatic carbocycles. The summed E-state index contributed by atoms with van der Waals surface area (Å²) in [6.07, 6.45) is 1.34. The average molecular weight is 359 g/mol. The lowest BCUT2D eigenvalue weighted by Gasteiger charge is -1.96. The number of furan rings is 1. The second kappa shape index (κ2) is 6.72. The van der Waals surface area contributed by atoms with Gasteiger partial charge in [0.25, 0.3) is 5.69 Å². The third-order valence-corrected chi connectivity index (χ3v) is 4.11. The highest BCUT2D eigenvalue weighted by Crippen LogP contribution is 2.28. The number of carbonyl (C=O) groups excluding carboxylic acids is 1. The molecule has 1 heterocycles. The van der Waals surface area contributed by atoms with Crippen LogP contribution in [0.15, 0.2) is 76.2 Å². The SMILES string of the molecule is O=C(NN=Cc1cccc([N+](=O)[O-])c1)c1cc2c(ccc3ccccc32)o1. The Kier molecular flexibility index (Phi) is 4.10. The summed E-state index contributed by atoms with van der Waals surface area (Å²) in [5, 5.41) is 17.5. The number of nitrogens with zero attached hydrogens (tertiary/aromatic N) is 2. The van der Waals surface area contributed by atoms with Crippen molar-refractivity contribution in [3.05, 3.63) is 88.2 Å². The van der Waals surface area contributed by atoms with E-state index in [1.165, 1.54) is 18.3 Å². The van der Waals surface area contributed by atoms with E-state index in [4.69, 9.17) is 4.42 Å². The number of hydrazone groups is 1. The molecule has 1 aromatic heterocycles. The van der Waals surface area contributed by atoms with Crippen LogP contribution in [0.1, 0.15) is 16.1 Å². The van der Waals surface area contributed by atoms with Crippen molar-refractivity contribution in [2.45, 2.75) is 0 Å². The van der Waals surface area contributed by atoms with Gasteiger partial charge < -0.3 is 4.42 Å². The number of carbonyl (C=O) groups is 1. The molecule has 7 nitrogen and oxygen atoms in total. The number of nitro benzene ring substituents is 1. The van der Waals surface area contributed by atoms with Crippen molar-refractivity contribution in [2.24, 2.45) is 5.10 Å². The Morgan fingerprint density at radius 3 is 2.74 bits per heavy atom. The molecule has 0 spiro atoms. The number of nitrogens with one attached hydrogen (secondary N) is 1. The van der Waals surface area contributed by atoms with Gasteiger partial charge in [0, 0.05) is 23.1 Å². The number of hydrogen-bond donors (Lipinski definition) is 1. The maximum atomic E-state index is 12.3. The number of hydrogen-bond acceptors (Lipinski definition) is 5. The van der Waals surface area contributed by atoms with Crippen LogP contribution in [-0.4, -0.2) is 17.0 Å². The second-order valence-electron chi connectivity index (χ2n) is 5.86. The predicted octanol–water partition coefficient (Wildman–Crippen LogP) is 4.26. The molecule has 0 radical (unpaired) electrons. The summed E-state index contributed by atoms with van der Waals surface area (Å²) < 4.78 is 5.62. The Labute approximate surface area is 153 Å². The van der Waals surface area contributed by atoms with Crippen LogP contribution >= 0.6 is 0 Å². The second-order valence-corrected chi connectivity index (χ2v) is 5.86. The minimum absolute atomic E-state index is 0.0468. The van der Waals surface area contributed by atoms with Crippen LogP contribution in [-0.2, 0) is 0 Å². The molecule has 4 aromatic rings. The van der Waals surface area contributed by atoms with E-state index in [9.17, 15) is 14.9 Å². The largest absolute Gasteiger partial charge is 0.451 e. The van der Waals surface area contributed by atoms with E-state index in [0.29, 0.717) is 11.1 Å². The van der Waals surface area contributed by atoms with E-state index in [2.05, 4.69) is 10.5 Å². The Morgan fingerprint density at radius 1 is 1.04 bits per heavy atom. The number of amides is 1. The maximum Gasteiger partial charge on any atom is 0.307 e. The van der Waals surface area contributed by atoms with Gasteiger partial charge in [-0.1, -0.05) is 42.5 Å². The number of fused-ring (bicyclic) bond motifs is 3. The van der Waals surface area contributed by atoms with Gasteiger partial charge in [-0.2, -0.15) is 5.10 Å². The van der Waals surface area contributed by atoms with Crippen molar-refractivity contribution in [1.29, 1.82) is 0 Å². The molecule has 132 valence electrons. The van der Waals surface area contributed by atoms with E-state index in [1.54, 1.807) is 18.2 Å². The third-order valence-electron chi connectivity index (χ3n) is 4.11. The quantitative estimate of drug-likeness (QED) is 0.334. The number of rotatable bonds is 4. The van der Waals surface area contributed by atoms with Crippen LogP contribution in [0.2, 0.25) is 0 Å². The highest BCUT2D eigenvalue weighted by molar-refractivity contribution is 6.08. The van der Waals surface area contributed by atoms with Crippen LogP contribution in [0.25, 0.3) is 21.7 Å². The van der Waals surface area contributed by atoms with E-state index in [0.717, 1.165) is 16.2 Å². The fourth-order valence-corrected chi connectivity index (χ4v) is 2.84. The van der Waals surface area contributed by atoms with E-state index in [-0.39, 0.29) is 11.4 Å². The summed E-state index contributed by atoms with van der Waals surface area (Å²) >= 11 is 0. The van der Waals surface area contributed by atoms with Gasteiger partial charge in [-0.25, -0.2) is 5.43 Å². The maximum absolute atomic E-state index is 12.3.